The molecule has 6 nitrogen and oxygen atoms in total. The standard InChI is InChI=1S/C17H18N6/c1-2-13-12-20-17(22-16(13)19-7-1)21-14-3-5-15(6-4-14)23-10-8-18-9-11-23/h1-7,12,18H,8-11H2,(H,19,20,21,22). The minimum atomic E-state index is 0.561. The number of rotatable bonds is 3. The van der Waals surface area contributed by atoms with Crippen molar-refractivity contribution in [2.24, 2.45) is 0 Å². The molecule has 3 heterocycles. The fraction of sp³-hybridized carbons (Fsp3) is 0.235. The molecule has 2 N–H and O–H groups in total. The van der Waals surface area contributed by atoms with E-state index in [0.717, 1.165) is 37.3 Å². The van der Waals surface area contributed by atoms with Crippen molar-refractivity contribution < 1.29 is 0 Å². The van der Waals surface area contributed by atoms with Crippen LogP contribution in [-0.4, -0.2) is 41.1 Å². The van der Waals surface area contributed by atoms with E-state index in [9.17, 15) is 0 Å². The van der Waals surface area contributed by atoms with Gasteiger partial charge in [0.15, 0.2) is 5.65 Å². The van der Waals surface area contributed by atoms with Crippen molar-refractivity contribution in [3.8, 4) is 0 Å². The summed E-state index contributed by atoms with van der Waals surface area (Å²) in [5.74, 6) is 0.561. The first-order valence-electron chi connectivity index (χ1n) is 7.79. The van der Waals surface area contributed by atoms with Crippen LogP contribution in [0.15, 0.2) is 48.8 Å². The van der Waals surface area contributed by atoms with Gasteiger partial charge in [0.05, 0.1) is 0 Å². The van der Waals surface area contributed by atoms with Crippen LogP contribution < -0.4 is 15.5 Å². The highest BCUT2D eigenvalue weighted by molar-refractivity contribution is 5.74. The Bertz CT molecular complexity index is 796. The number of hydrogen-bond acceptors (Lipinski definition) is 6. The van der Waals surface area contributed by atoms with Crippen molar-refractivity contribution in [3.05, 3.63) is 48.8 Å². The molecule has 116 valence electrons. The average molecular weight is 306 g/mol. The Morgan fingerprint density at radius 2 is 1.83 bits per heavy atom. The first-order valence-corrected chi connectivity index (χ1v) is 7.79. The molecule has 6 heteroatoms. The molecule has 3 aromatic rings. The van der Waals surface area contributed by atoms with Gasteiger partial charge in [0, 0.05) is 55.3 Å². The van der Waals surface area contributed by atoms with Crippen molar-refractivity contribution in [2.75, 3.05) is 36.4 Å². The minimum Gasteiger partial charge on any atom is -0.369 e. The van der Waals surface area contributed by atoms with Crippen LogP contribution in [0.4, 0.5) is 17.3 Å². The van der Waals surface area contributed by atoms with Gasteiger partial charge in [0.25, 0.3) is 0 Å². The Kier molecular flexibility index (Phi) is 3.73. The second-order valence-electron chi connectivity index (χ2n) is 5.52. The topological polar surface area (TPSA) is 66.0 Å². The molecule has 0 unspecified atom stereocenters. The number of nitrogens with one attached hydrogen (secondary N) is 2. The van der Waals surface area contributed by atoms with Gasteiger partial charge in [-0.15, -0.1) is 0 Å². The molecule has 1 aliphatic rings. The lowest BCUT2D eigenvalue weighted by Crippen LogP contribution is -2.43. The fourth-order valence-electron chi connectivity index (χ4n) is 2.73. The van der Waals surface area contributed by atoms with E-state index in [1.807, 2.05) is 12.1 Å². The Labute approximate surface area is 134 Å². The predicted octanol–water partition coefficient (Wildman–Crippen LogP) is 2.18. The Morgan fingerprint density at radius 1 is 1.00 bits per heavy atom. The number of anilines is 3. The highest BCUT2D eigenvalue weighted by Gasteiger charge is 2.10. The van der Waals surface area contributed by atoms with Crippen molar-refractivity contribution in [1.82, 2.24) is 20.3 Å². The molecule has 1 aromatic carbocycles. The Hall–Kier alpha value is -2.73. The van der Waals surface area contributed by atoms with Crippen LogP contribution >= 0.6 is 0 Å². The Balaban J connectivity index is 1.51. The number of hydrogen-bond donors (Lipinski definition) is 2. The highest BCUT2D eigenvalue weighted by Crippen LogP contribution is 2.20. The summed E-state index contributed by atoms with van der Waals surface area (Å²) in [4.78, 5) is 15.4. The number of pyridine rings is 1. The van der Waals surface area contributed by atoms with E-state index >= 15 is 0 Å². The van der Waals surface area contributed by atoms with Crippen LogP contribution in [0.3, 0.4) is 0 Å². The number of piperazine rings is 1. The highest BCUT2D eigenvalue weighted by atomic mass is 15.2. The maximum Gasteiger partial charge on any atom is 0.229 e. The van der Waals surface area contributed by atoms with Crippen molar-refractivity contribution in [1.29, 1.82) is 0 Å². The van der Waals surface area contributed by atoms with Crippen LogP contribution in [-0.2, 0) is 0 Å². The van der Waals surface area contributed by atoms with Gasteiger partial charge in [-0.3, -0.25) is 0 Å². The third kappa shape index (κ3) is 3.07. The molecule has 0 saturated carbocycles. The van der Waals surface area contributed by atoms with Gasteiger partial charge in [-0.2, -0.15) is 4.98 Å². The normalized spacial score (nSPS) is 14.9. The monoisotopic (exact) mass is 306 g/mol. The summed E-state index contributed by atoms with van der Waals surface area (Å²) in [5.41, 5.74) is 2.92. The van der Waals surface area contributed by atoms with E-state index in [-0.39, 0.29) is 0 Å². The van der Waals surface area contributed by atoms with E-state index in [1.54, 1.807) is 12.4 Å². The lowest BCUT2D eigenvalue weighted by molar-refractivity contribution is 0.589. The van der Waals surface area contributed by atoms with Crippen molar-refractivity contribution >= 4 is 28.4 Å². The second kappa shape index (κ2) is 6.18. The first-order chi connectivity index (χ1) is 11.4. The second-order valence-corrected chi connectivity index (χ2v) is 5.52. The fourth-order valence-corrected chi connectivity index (χ4v) is 2.73. The van der Waals surface area contributed by atoms with Gasteiger partial charge >= 0.3 is 0 Å². The van der Waals surface area contributed by atoms with Crippen molar-refractivity contribution in [2.45, 2.75) is 0 Å². The summed E-state index contributed by atoms with van der Waals surface area (Å²) in [6, 6.07) is 12.2. The summed E-state index contributed by atoms with van der Waals surface area (Å²) in [5, 5.41) is 7.54. The molecule has 0 amide bonds. The van der Waals surface area contributed by atoms with Gasteiger partial charge in [0.1, 0.15) is 0 Å². The average Bonchev–Trinajstić information content (AvgIpc) is 2.63. The quantitative estimate of drug-likeness (QED) is 0.773. The minimum absolute atomic E-state index is 0.561. The maximum absolute atomic E-state index is 4.43. The molecule has 2 aromatic heterocycles. The lowest BCUT2D eigenvalue weighted by atomic mass is 10.2. The van der Waals surface area contributed by atoms with Gasteiger partial charge in [-0.05, 0) is 36.4 Å². The van der Waals surface area contributed by atoms with Gasteiger partial charge in [-0.25, -0.2) is 9.97 Å². The van der Waals surface area contributed by atoms with Crippen LogP contribution in [0.5, 0.6) is 0 Å². The van der Waals surface area contributed by atoms with Crippen molar-refractivity contribution in [3.63, 3.8) is 0 Å². The maximum atomic E-state index is 4.43. The van der Waals surface area contributed by atoms with E-state index in [4.69, 9.17) is 0 Å². The smallest absolute Gasteiger partial charge is 0.229 e. The van der Waals surface area contributed by atoms with Gasteiger partial charge in [0.2, 0.25) is 5.95 Å². The number of aromatic nitrogens is 3. The Morgan fingerprint density at radius 3 is 2.65 bits per heavy atom. The lowest BCUT2D eigenvalue weighted by Gasteiger charge is -2.29. The molecule has 1 saturated heterocycles. The summed E-state index contributed by atoms with van der Waals surface area (Å²) >= 11 is 0. The van der Waals surface area contributed by atoms with E-state index in [2.05, 4.69) is 54.8 Å². The molecule has 0 radical (unpaired) electrons. The predicted molar refractivity (Wildman–Crippen MR) is 92.1 cm³/mol. The molecule has 0 atom stereocenters. The third-order valence-electron chi connectivity index (χ3n) is 3.96. The zero-order valence-electron chi connectivity index (χ0n) is 12.7. The molecule has 1 fully saturated rings. The largest absolute Gasteiger partial charge is 0.369 e. The van der Waals surface area contributed by atoms with E-state index in [1.165, 1.54) is 5.69 Å². The first kappa shape index (κ1) is 13.9. The molecular weight excluding hydrogens is 288 g/mol. The summed E-state index contributed by atoms with van der Waals surface area (Å²) in [6.45, 7) is 4.17. The molecule has 23 heavy (non-hydrogen) atoms. The van der Waals surface area contributed by atoms with E-state index < -0.39 is 0 Å². The van der Waals surface area contributed by atoms with Crippen LogP contribution in [0.1, 0.15) is 0 Å². The zero-order valence-corrected chi connectivity index (χ0v) is 12.7. The van der Waals surface area contributed by atoms with Crippen LogP contribution in [0, 0.1) is 0 Å². The summed E-state index contributed by atoms with van der Waals surface area (Å²) in [6.07, 6.45) is 3.52. The number of fused-ring (bicyclic) bond motifs is 1. The molecular formula is C17H18N6. The summed E-state index contributed by atoms with van der Waals surface area (Å²) in [7, 11) is 0. The summed E-state index contributed by atoms with van der Waals surface area (Å²) < 4.78 is 0. The molecule has 1 aliphatic heterocycles. The number of nitrogens with zero attached hydrogens (tertiary/aromatic N) is 4. The zero-order chi connectivity index (χ0) is 15.5. The van der Waals surface area contributed by atoms with Gasteiger partial charge in [-0.1, -0.05) is 0 Å². The van der Waals surface area contributed by atoms with E-state index in [0.29, 0.717) is 11.6 Å². The number of benzene rings is 1. The molecule has 0 bridgehead atoms. The third-order valence-corrected chi connectivity index (χ3v) is 3.96. The van der Waals surface area contributed by atoms with Crippen LogP contribution in [0.25, 0.3) is 11.0 Å². The van der Waals surface area contributed by atoms with Crippen LogP contribution in [0.2, 0.25) is 0 Å². The molecule has 0 aliphatic carbocycles. The van der Waals surface area contributed by atoms with Gasteiger partial charge < -0.3 is 15.5 Å². The molecule has 0 spiro atoms. The SMILES string of the molecule is c1cnc2nc(Nc3ccc(N4CCNCC4)cc3)ncc2c1. The molecule has 4 rings (SSSR count).